The van der Waals surface area contributed by atoms with Gasteiger partial charge in [0.15, 0.2) is 0 Å². The number of aromatic amines is 1. The second kappa shape index (κ2) is 10.0. The number of rotatable bonds is 6. The Morgan fingerprint density at radius 3 is 2.56 bits per heavy atom. The molecule has 11 heteroatoms. The quantitative estimate of drug-likeness (QED) is 0.405. The van der Waals surface area contributed by atoms with Gasteiger partial charge < -0.3 is 20.4 Å². The van der Waals surface area contributed by atoms with Crippen molar-refractivity contribution in [2.24, 2.45) is 0 Å². The molecular formula is C23H24BrF3N4O3. The lowest BCUT2D eigenvalue weighted by Crippen LogP contribution is -2.49. The van der Waals surface area contributed by atoms with Gasteiger partial charge in [-0.2, -0.15) is 13.2 Å². The average molecular weight is 541 g/mol. The lowest BCUT2D eigenvalue weighted by molar-refractivity contribution is -0.137. The van der Waals surface area contributed by atoms with E-state index in [9.17, 15) is 22.8 Å². The van der Waals surface area contributed by atoms with Gasteiger partial charge in [-0.05, 0) is 50.6 Å². The highest BCUT2D eigenvalue weighted by Crippen LogP contribution is 2.29. The maximum absolute atomic E-state index is 13.1. The molecule has 0 radical (unpaired) electrons. The van der Waals surface area contributed by atoms with E-state index >= 15 is 0 Å². The van der Waals surface area contributed by atoms with Gasteiger partial charge in [0.25, 0.3) is 0 Å². The van der Waals surface area contributed by atoms with Crippen molar-refractivity contribution in [3.63, 3.8) is 0 Å². The first-order valence-electron chi connectivity index (χ1n) is 10.4. The molecule has 34 heavy (non-hydrogen) atoms. The van der Waals surface area contributed by atoms with Crippen LogP contribution in [0.15, 0.2) is 46.9 Å². The van der Waals surface area contributed by atoms with Crippen molar-refractivity contribution < 1.29 is 27.5 Å². The number of H-pyrrole nitrogens is 1. The van der Waals surface area contributed by atoms with Gasteiger partial charge in [0, 0.05) is 10.9 Å². The van der Waals surface area contributed by atoms with E-state index in [1.54, 1.807) is 20.8 Å². The summed E-state index contributed by atoms with van der Waals surface area (Å²) in [5.41, 5.74) is 0.0597. The standard InChI is InChI=1S/C23H24BrF3N4O3/c1-22(2,3)34-21(33)31-18(10-13-5-4-6-14(9-13)23(25,26)27)20(32)28-12-19-29-16-8-7-15(24)11-17(16)30-19/h4-9,11,18H,10,12H2,1-3H3,(H,28,32)(H,29,30)(H,31,33)/t18-/m1/s1. The fourth-order valence-electron chi connectivity index (χ4n) is 3.18. The van der Waals surface area contributed by atoms with Crippen molar-refractivity contribution in [3.05, 3.63) is 63.9 Å². The summed E-state index contributed by atoms with van der Waals surface area (Å²) in [5.74, 6) is -0.110. The Morgan fingerprint density at radius 2 is 1.88 bits per heavy atom. The van der Waals surface area contributed by atoms with Crippen LogP contribution in [-0.4, -0.2) is 33.6 Å². The van der Waals surface area contributed by atoms with Crippen LogP contribution in [0.5, 0.6) is 0 Å². The summed E-state index contributed by atoms with van der Waals surface area (Å²) in [6, 6.07) is 8.93. The lowest BCUT2D eigenvalue weighted by atomic mass is 10.0. The van der Waals surface area contributed by atoms with Crippen molar-refractivity contribution >= 4 is 39.0 Å². The van der Waals surface area contributed by atoms with E-state index in [1.165, 1.54) is 12.1 Å². The summed E-state index contributed by atoms with van der Waals surface area (Å²) in [6.07, 6.45) is -5.54. The van der Waals surface area contributed by atoms with Gasteiger partial charge in [0.1, 0.15) is 17.5 Å². The number of amides is 2. The molecular weight excluding hydrogens is 517 g/mol. The van der Waals surface area contributed by atoms with Crippen LogP contribution in [-0.2, 0) is 28.7 Å². The number of carbonyl (C=O) groups excluding carboxylic acids is 2. The Balaban J connectivity index is 1.76. The Labute approximate surface area is 202 Å². The maximum Gasteiger partial charge on any atom is 0.416 e. The average Bonchev–Trinajstić information content (AvgIpc) is 3.11. The summed E-state index contributed by atoms with van der Waals surface area (Å²) < 4.78 is 45.4. The van der Waals surface area contributed by atoms with E-state index < -0.39 is 35.4 Å². The third kappa shape index (κ3) is 7.21. The van der Waals surface area contributed by atoms with Crippen molar-refractivity contribution in [3.8, 4) is 0 Å². The van der Waals surface area contributed by atoms with Crippen LogP contribution < -0.4 is 10.6 Å². The van der Waals surface area contributed by atoms with Crippen LogP contribution in [0, 0.1) is 0 Å². The number of hydrogen-bond acceptors (Lipinski definition) is 4. The smallest absolute Gasteiger partial charge is 0.416 e. The highest BCUT2D eigenvalue weighted by molar-refractivity contribution is 9.10. The predicted molar refractivity (Wildman–Crippen MR) is 124 cm³/mol. The molecule has 0 unspecified atom stereocenters. The van der Waals surface area contributed by atoms with Crippen LogP contribution in [0.2, 0.25) is 0 Å². The molecule has 3 rings (SSSR count). The fraction of sp³-hybridized carbons (Fsp3) is 0.348. The van der Waals surface area contributed by atoms with E-state index in [1.807, 2.05) is 18.2 Å². The second-order valence-electron chi connectivity index (χ2n) is 8.66. The monoisotopic (exact) mass is 540 g/mol. The molecule has 0 aliphatic heterocycles. The third-order valence-corrected chi connectivity index (χ3v) is 5.12. The largest absolute Gasteiger partial charge is 0.444 e. The SMILES string of the molecule is CC(C)(C)OC(=O)N[C@H](Cc1cccc(C(F)(F)F)c1)C(=O)NCc1nc2ccc(Br)cc2[nH]1. The molecule has 182 valence electrons. The number of halogens is 4. The van der Waals surface area contributed by atoms with Gasteiger partial charge in [-0.25, -0.2) is 9.78 Å². The van der Waals surface area contributed by atoms with Crippen LogP contribution in [0.4, 0.5) is 18.0 Å². The summed E-state index contributed by atoms with van der Waals surface area (Å²) in [4.78, 5) is 32.7. The minimum absolute atomic E-state index is 0.0280. The second-order valence-corrected chi connectivity index (χ2v) is 9.58. The lowest BCUT2D eigenvalue weighted by Gasteiger charge is -2.23. The molecule has 0 fully saturated rings. The molecule has 0 saturated heterocycles. The zero-order chi connectivity index (χ0) is 25.1. The number of nitrogens with zero attached hydrogens (tertiary/aromatic N) is 1. The molecule has 3 N–H and O–H groups in total. The Morgan fingerprint density at radius 1 is 1.15 bits per heavy atom. The summed E-state index contributed by atoms with van der Waals surface area (Å²) >= 11 is 3.38. The van der Waals surface area contributed by atoms with Gasteiger partial charge in [-0.1, -0.05) is 34.1 Å². The van der Waals surface area contributed by atoms with Gasteiger partial charge in [0.2, 0.25) is 5.91 Å². The Hall–Kier alpha value is -3.08. The summed E-state index contributed by atoms with van der Waals surface area (Å²) in [7, 11) is 0. The molecule has 1 aromatic heterocycles. The highest BCUT2D eigenvalue weighted by atomic mass is 79.9. The number of nitrogens with one attached hydrogen (secondary N) is 3. The molecule has 0 saturated carbocycles. The molecule has 2 aromatic carbocycles. The van der Waals surface area contributed by atoms with Gasteiger partial charge >= 0.3 is 12.3 Å². The molecule has 1 atom stereocenters. The molecule has 0 bridgehead atoms. The molecule has 2 amide bonds. The molecule has 0 aliphatic carbocycles. The van der Waals surface area contributed by atoms with Crippen molar-refractivity contribution in [2.45, 2.75) is 51.6 Å². The molecule has 7 nitrogen and oxygen atoms in total. The number of fused-ring (bicyclic) bond motifs is 1. The van der Waals surface area contributed by atoms with Crippen LogP contribution in [0.25, 0.3) is 11.0 Å². The van der Waals surface area contributed by atoms with Crippen molar-refractivity contribution in [1.82, 2.24) is 20.6 Å². The fourth-order valence-corrected chi connectivity index (χ4v) is 3.54. The van der Waals surface area contributed by atoms with E-state index in [-0.39, 0.29) is 18.5 Å². The number of benzene rings is 2. The number of imidazole rings is 1. The van der Waals surface area contributed by atoms with E-state index in [4.69, 9.17) is 4.74 Å². The minimum Gasteiger partial charge on any atom is -0.444 e. The topological polar surface area (TPSA) is 96.1 Å². The first-order valence-corrected chi connectivity index (χ1v) is 11.2. The number of alkyl carbamates (subject to hydrolysis) is 1. The Kier molecular flexibility index (Phi) is 7.54. The number of aromatic nitrogens is 2. The molecule has 0 spiro atoms. The van der Waals surface area contributed by atoms with Gasteiger partial charge in [-0.15, -0.1) is 0 Å². The predicted octanol–water partition coefficient (Wildman–Crippen LogP) is 5.10. The third-order valence-electron chi connectivity index (χ3n) is 4.62. The van der Waals surface area contributed by atoms with Gasteiger partial charge in [-0.3, -0.25) is 4.79 Å². The molecule has 3 aromatic rings. The van der Waals surface area contributed by atoms with Crippen molar-refractivity contribution in [1.29, 1.82) is 0 Å². The molecule has 1 heterocycles. The van der Waals surface area contributed by atoms with Gasteiger partial charge in [0.05, 0.1) is 23.1 Å². The summed E-state index contributed by atoms with van der Waals surface area (Å²) in [6.45, 7) is 5.01. The zero-order valence-corrected chi connectivity index (χ0v) is 20.3. The van der Waals surface area contributed by atoms with Crippen LogP contribution in [0.1, 0.15) is 37.7 Å². The number of hydrogen-bond donors (Lipinski definition) is 3. The van der Waals surface area contributed by atoms with Crippen LogP contribution in [0.3, 0.4) is 0 Å². The number of carbonyl (C=O) groups is 2. The van der Waals surface area contributed by atoms with Crippen molar-refractivity contribution in [2.75, 3.05) is 0 Å². The first kappa shape index (κ1) is 25.5. The molecule has 0 aliphatic rings. The Bertz CT molecular complexity index is 1190. The number of ether oxygens (including phenoxy) is 1. The van der Waals surface area contributed by atoms with Crippen LogP contribution >= 0.6 is 15.9 Å². The number of alkyl halides is 3. The van der Waals surface area contributed by atoms with E-state index in [2.05, 4.69) is 36.5 Å². The summed E-state index contributed by atoms with van der Waals surface area (Å²) in [5, 5.41) is 5.13. The van der Waals surface area contributed by atoms with E-state index in [0.29, 0.717) is 11.3 Å². The van der Waals surface area contributed by atoms with E-state index in [0.717, 1.165) is 22.1 Å². The zero-order valence-electron chi connectivity index (χ0n) is 18.7. The minimum atomic E-state index is -4.53. The normalized spacial score (nSPS) is 12.9. The first-order chi connectivity index (χ1) is 15.8. The maximum atomic E-state index is 13.1. The highest BCUT2D eigenvalue weighted by Gasteiger charge is 2.31.